The van der Waals surface area contributed by atoms with Crippen molar-refractivity contribution in [3.8, 4) is 22.4 Å². The molecule has 4 rings (SSSR count). The molecule has 7 heteroatoms. The highest BCUT2D eigenvalue weighted by Crippen LogP contribution is 2.30. The number of aromatic nitrogens is 2. The molecule has 0 bridgehead atoms. The summed E-state index contributed by atoms with van der Waals surface area (Å²) >= 11 is 0. The molecule has 3 aromatic rings. The minimum Gasteiger partial charge on any atom is -0.391 e. The number of rotatable bonds is 3. The van der Waals surface area contributed by atoms with Gasteiger partial charge in [-0.15, -0.1) is 0 Å². The standard InChI is InChI=1S/C21H19FN4O2/c22-18-9-13(5-6-17(18)19-10-25-20(23)11-24-19)15-3-1-2-4-16(15)21(28)26-8-7-14(27)12-26/h1-6,9-11,14,27H,7-8,12H2,(H2,23,25)/t14-/m0/s1. The fourth-order valence-electron chi connectivity index (χ4n) is 3.39. The summed E-state index contributed by atoms with van der Waals surface area (Å²) in [6, 6.07) is 11.8. The van der Waals surface area contributed by atoms with Gasteiger partial charge in [-0.05, 0) is 35.7 Å². The van der Waals surface area contributed by atoms with Crippen LogP contribution in [0.1, 0.15) is 16.8 Å². The zero-order valence-corrected chi connectivity index (χ0v) is 15.0. The van der Waals surface area contributed by atoms with Gasteiger partial charge < -0.3 is 15.7 Å². The molecule has 1 aliphatic rings. The number of hydrogen-bond donors (Lipinski definition) is 2. The third-order valence-corrected chi connectivity index (χ3v) is 4.84. The smallest absolute Gasteiger partial charge is 0.254 e. The minimum absolute atomic E-state index is 0.166. The molecule has 0 saturated carbocycles. The second kappa shape index (κ2) is 7.36. The first-order valence-electron chi connectivity index (χ1n) is 8.97. The van der Waals surface area contributed by atoms with Crippen molar-refractivity contribution in [2.24, 2.45) is 0 Å². The number of carbonyl (C=O) groups excluding carboxylic acids is 1. The van der Waals surface area contributed by atoms with Crippen molar-refractivity contribution in [3.63, 3.8) is 0 Å². The Balaban J connectivity index is 1.69. The highest BCUT2D eigenvalue weighted by atomic mass is 19.1. The molecule has 0 radical (unpaired) electrons. The SMILES string of the molecule is Nc1cnc(-c2ccc(-c3ccccc3C(=O)N3CC[C@H](O)C3)cc2F)cn1. The average Bonchev–Trinajstić information content (AvgIpc) is 3.14. The zero-order chi connectivity index (χ0) is 19.7. The molecular weight excluding hydrogens is 359 g/mol. The van der Waals surface area contributed by atoms with Crippen LogP contribution in [-0.4, -0.2) is 45.1 Å². The van der Waals surface area contributed by atoms with E-state index in [0.717, 1.165) is 0 Å². The predicted molar refractivity (Wildman–Crippen MR) is 104 cm³/mol. The van der Waals surface area contributed by atoms with E-state index in [1.54, 1.807) is 35.2 Å². The van der Waals surface area contributed by atoms with Gasteiger partial charge in [0.05, 0.1) is 24.2 Å². The average molecular weight is 378 g/mol. The molecular formula is C21H19FN4O2. The van der Waals surface area contributed by atoms with Crippen molar-refractivity contribution in [1.29, 1.82) is 0 Å². The molecule has 0 aliphatic carbocycles. The first kappa shape index (κ1) is 18.1. The van der Waals surface area contributed by atoms with Crippen molar-refractivity contribution in [2.45, 2.75) is 12.5 Å². The molecule has 0 spiro atoms. The molecule has 1 aliphatic heterocycles. The molecule has 1 atom stereocenters. The van der Waals surface area contributed by atoms with Crippen LogP contribution in [0.15, 0.2) is 54.9 Å². The lowest BCUT2D eigenvalue weighted by molar-refractivity contribution is 0.0765. The number of β-amino-alcohol motifs (C(OH)–C–C–N with tert-alkyl or cyclic N) is 1. The molecule has 142 valence electrons. The van der Waals surface area contributed by atoms with E-state index >= 15 is 0 Å². The summed E-state index contributed by atoms with van der Waals surface area (Å²) in [4.78, 5) is 22.6. The summed E-state index contributed by atoms with van der Waals surface area (Å²) in [5, 5.41) is 9.71. The lowest BCUT2D eigenvalue weighted by Crippen LogP contribution is -2.29. The van der Waals surface area contributed by atoms with Crippen molar-refractivity contribution >= 4 is 11.7 Å². The molecule has 0 unspecified atom stereocenters. The van der Waals surface area contributed by atoms with Crippen molar-refractivity contribution in [1.82, 2.24) is 14.9 Å². The maximum atomic E-state index is 14.8. The van der Waals surface area contributed by atoms with Crippen LogP contribution in [0.3, 0.4) is 0 Å². The number of nitrogens with two attached hydrogens (primary N) is 1. The molecule has 1 amide bonds. The number of hydrogen-bond acceptors (Lipinski definition) is 5. The van der Waals surface area contributed by atoms with Crippen LogP contribution in [0.2, 0.25) is 0 Å². The number of nitrogen functional groups attached to an aromatic ring is 1. The van der Waals surface area contributed by atoms with Gasteiger partial charge in [-0.25, -0.2) is 9.37 Å². The van der Waals surface area contributed by atoms with Gasteiger partial charge in [0.15, 0.2) is 0 Å². The quantitative estimate of drug-likeness (QED) is 0.731. The summed E-state index contributed by atoms with van der Waals surface area (Å²) < 4.78 is 14.8. The van der Waals surface area contributed by atoms with Gasteiger partial charge in [-0.3, -0.25) is 9.78 Å². The van der Waals surface area contributed by atoms with Crippen molar-refractivity contribution in [3.05, 3.63) is 66.2 Å². The van der Waals surface area contributed by atoms with Gasteiger partial charge in [0.2, 0.25) is 0 Å². The van der Waals surface area contributed by atoms with E-state index in [0.29, 0.717) is 47.5 Å². The number of aliphatic hydroxyl groups is 1. The Morgan fingerprint density at radius 3 is 2.64 bits per heavy atom. The predicted octanol–water partition coefficient (Wildman–Crippen LogP) is 2.74. The molecule has 1 saturated heterocycles. The van der Waals surface area contributed by atoms with Crippen LogP contribution in [0.25, 0.3) is 22.4 Å². The number of amides is 1. The van der Waals surface area contributed by atoms with E-state index in [1.807, 2.05) is 6.07 Å². The topological polar surface area (TPSA) is 92.3 Å². The maximum Gasteiger partial charge on any atom is 0.254 e. The summed E-state index contributed by atoms with van der Waals surface area (Å²) in [6.07, 6.45) is 2.87. The van der Waals surface area contributed by atoms with Crippen LogP contribution < -0.4 is 5.73 Å². The molecule has 28 heavy (non-hydrogen) atoms. The fourth-order valence-corrected chi connectivity index (χ4v) is 3.39. The largest absolute Gasteiger partial charge is 0.391 e. The molecule has 2 heterocycles. The molecule has 3 N–H and O–H groups in total. The van der Waals surface area contributed by atoms with Crippen LogP contribution in [0, 0.1) is 5.82 Å². The van der Waals surface area contributed by atoms with E-state index in [2.05, 4.69) is 9.97 Å². The summed E-state index contributed by atoms with van der Waals surface area (Å²) in [6.45, 7) is 0.827. The number of halogens is 1. The van der Waals surface area contributed by atoms with E-state index in [9.17, 15) is 14.3 Å². The third kappa shape index (κ3) is 3.44. The second-order valence-corrected chi connectivity index (χ2v) is 6.76. The normalized spacial score (nSPS) is 16.4. The lowest BCUT2D eigenvalue weighted by atomic mass is 9.97. The van der Waals surface area contributed by atoms with Gasteiger partial charge in [-0.1, -0.05) is 24.3 Å². The molecule has 2 aromatic carbocycles. The van der Waals surface area contributed by atoms with E-state index in [4.69, 9.17) is 5.73 Å². The van der Waals surface area contributed by atoms with E-state index < -0.39 is 11.9 Å². The first-order chi connectivity index (χ1) is 13.5. The highest BCUT2D eigenvalue weighted by Gasteiger charge is 2.27. The first-order valence-corrected chi connectivity index (χ1v) is 8.97. The second-order valence-electron chi connectivity index (χ2n) is 6.76. The third-order valence-electron chi connectivity index (χ3n) is 4.84. The van der Waals surface area contributed by atoms with Gasteiger partial charge in [0.1, 0.15) is 11.6 Å². The monoisotopic (exact) mass is 378 g/mol. The fraction of sp³-hybridized carbons (Fsp3) is 0.190. The molecule has 1 aromatic heterocycles. The highest BCUT2D eigenvalue weighted by molar-refractivity contribution is 6.01. The molecule has 6 nitrogen and oxygen atoms in total. The van der Waals surface area contributed by atoms with Gasteiger partial charge in [-0.2, -0.15) is 0 Å². The zero-order valence-electron chi connectivity index (χ0n) is 15.0. The van der Waals surface area contributed by atoms with Gasteiger partial charge in [0.25, 0.3) is 5.91 Å². The number of carbonyl (C=O) groups is 1. The van der Waals surface area contributed by atoms with E-state index in [-0.39, 0.29) is 11.7 Å². The van der Waals surface area contributed by atoms with Crippen LogP contribution in [-0.2, 0) is 0 Å². The Morgan fingerprint density at radius 1 is 1.14 bits per heavy atom. The van der Waals surface area contributed by atoms with Gasteiger partial charge in [0, 0.05) is 24.2 Å². The Kier molecular flexibility index (Phi) is 4.75. The van der Waals surface area contributed by atoms with Crippen LogP contribution in [0.5, 0.6) is 0 Å². The number of benzene rings is 2. The Labute approximate surface area is 161 Å². The van der Waals surface area contributed by atoms with Crippen LogP contribution >= 0.6 is 0 Å². The summed E-state index contributed by atoms with van der Waals surface area (Å²) in [5.74, 6) is -0.364. The van der Waals surface area contributed by atoms with Crippen molar-refractivity contribution in [2.75, 3.05) is 18.8 Å². The Morgan fingerprint density at radius 2 is 1.96 bits per heavy atom. The summed E-state index contributed by atoms with van der Waals surface area (Å²) in [7, 11) is 0. The minimum atomic E-state index is -0.492. The Bertz CT molecular complexity index is 1020. The van der Waals surface area contributed by atoms with Crippen molar-refractivity contribution < 1.29 is 14.3 Å². The maximum absolute atomic E-state index is 14.8. The Hall–Kier alpha value is -3.32. The summed E-state index contributed by atoms with van der Waals surface area (Å²) in [5.41, 5.74) is 7.94. The lowest BCUT2D eigenvalue weighted by Gasteiger charge is -2.18. The number of nitrogens with zero attached hydrogens (tertiary/aromatic N) is 3. The van der Waals surface area contributed by atoms with Gasteiger partial charge >= 0.3 is 0 Å². The number of aliphatic hydroxyl groups excluding tert-OH is 1. The number of anilines is 1. The van der Waals surface area contributed by atoms with Crippen LogP contribution in [0.4, 0.5) is 10.2 Å². The number of likely N-dealkylation sites (tertiary alicyclic amines) is 1. The van der Waals surface area contributed by atoms with E-state index in [1.165, 1.54) is 18.5 Å². The molecule has 1 fully saturated rings.